The molecule has 1 rings (SSSR count). The van der Waals surface area contributed by atoms with Crippen LogP contribution in [0, 0.1) is 16.0 Å². The fraction of sp³-hybridized carbons (Fsp3) is 0.538. The Kier molecular flexibility index (Phi) is 6.27. The molecule has 22 heavy (non-hydrogen) atoms. The van der Waals surface area contributed by atoms with Gasteiger partial charge in [-0.05, 0) is 24.5 Å². The van der Waals surface area contributed by atoms with Crippen LogP contribution in [0.5, 0.6) is 5.75 Å². The van der Waals surface area contributed by atoms with Crippen molar-refractivity contribution in [1.82, 2.24) is 4.72 Å². The number of ether oxygens (including phenoxy) is 1. The molecular weight excluding hydrogens is 310 g/mol. The highest BCUT2D eigenvalue weighted by Crippen LogP contribution is 2.29. The normalized spacial score (nSPS) is 13.1. The van der Waals surface area contributed by atoms with Crippen molar-refractivity contribution in [2.75, 3.05) is 13.7 Å². The van der Waals surface area contributed by atoms with Gasteiger partial charge in [0.25, 0.3) is 0 Å². The lowest BCUT2D eigenvalue weighted by atomic mass is 10.1. The second kappa shape index (κ2) is 7.52. The van der Waals surface area contributed by atoms with Crippen LogP contribution in [0.2, 0.25) is 0 Å². The summed E-state index contributed by atoms with van der Waals surface area (Å²) in [6.07, 6.45) is 0.577. The maximum absolute atomic E-state index is 12.3. The van der Waals surface area contributed by atoms with E-state index in [1.54, 1.807) is 0 Å². The third-order valence-electron chi connectivity index (χ3n) is 3.02. The topological polar surface area (TPSA) is 125 Å². The molecule has 0 aliphatic heterocycles. The summed E-state index contributed by atoms with van der Waals surface area (Å²) in [6.45, 7) is 4.06. The number of nitro groups is 1. The lowest BCUT2D eigenvalue weighted by Crippen LogP contribution is -2.40. The van der Waals surface area contributed by atoms with Gasteiger partial charge in [0, 0.05) is 18.7 Å². The molecule has 0 fully saturated rings. The van der Waals surface area contributed by atoms with Crippen LogP contribution in [-0.2, 0) is 10.0 Å². The number of hydrogen-bond donors (Lipinski definition) is 2. The number of nitrogens with zero attached hydrogens (tertiary/aromatic N) is 1. The van der Waals surface area contributed by atoms with E-state index in [9.17, 15) is 18.5 Å². The van der Waals surface area contributed by atoms with Crippen LogP contribution in [-0.4, -0.2) is 33.0 Å². The lowest BCUT2D eigenvalue weighted by Gasteiger charge is -2.18. The van der Waals surface area contributed by atoms with Crippen LogP contribution in [0.25, 0.3) is 0 Å². The van der Waals surface area contributed by atoms with Crippen LogP contribution in [0.4, 0.5) is 5.69 Å². The fourth-order valence-corrected chi connectivity index (χ4v) is 3.31. The summed E-state index contributed by atoms with van der Waals surface area (Å²) < 4.78 is 32.0. The fourth-order valence-electron chi connectivity index (χ4n) is 2.03. The number of benzene rings is 1. The van der Waals surface area contributed by atoms with Crippen molar-refractivity contribution in [3.8, 4) is 5.75 Å². The van der Waals surface area contributed by atoms with Gasteiger partial charge in [0.05, 0.1) is 16.9 Å². The largest absolute Gasteiger partial charge is 0.490 e. The number of sulfonamides is 1. The Morgan fingerprint density at radius 1 is 1.41 bits per heavy atom. The zero-order valence-corrected chi connectivity index (χ0v) is 13.6. The molecule has 0 bridgehead atoms. The molecule has 1 atom stereocenters. The molecule has 0 saturated carbocycles. The highest BCUT2D eigenvalue weighted by molar-refractivity contribution is 7.89. The van der Waals surface area contributed by atoms with E-state index in [2.05, 4.69) is 4.72 Å². The summed E-state index contributed by atoms with van der Waals surface area (Å²) in [6, 6.07) is 3.07. The Hall–Kier alpha value is -1.71. The van der Waals surface area contributed by atoms with Gasteiger partial charge in [0.15, 0.2) is 5.75 Å². The number of nitrogens with one attached hydrogen (secondary N) is 1. The third-order valence-corrected chi connectivity index (χ3v) is 4.54. The van der Waals surface area contributed by atoms with E-state index in [0.717, 1.165) is 6.07 Å². The van der Waals surface area contributed by atoms with Gasteiger partial charge in [-0.25, -0.2) is 13.1 Å². The minimum atomic E-state index is -3.89. The number of rotatable bonds is 8. The van der Waals surface area contributed by atoms with Gasteiger partial charge in [0.2, 0.25) is 10.0 Å². The predicted octanol–water partition coefficient (Wildman–Crippen LogP) is 1.26. The van der Waals surface area contributed by atoms with E-state index >= 15 is 0 Å². The minimum Gasteiger partial charge on any atom is -0.490 e. The second-order valence-corrected chi connectivity index (χ2v) is 6.99. The van der Waals surface area contributed by atoms with E-state index in [0.29, 0.717) is 6.42 Å². The number of nitro benzene ring substituents is 1. The first-order valence-electron chi connectivity index (χ1n) is 6.76. The van der Waals surface area contributed by atoms with Crippen molar-refractivity contribution in [3.63, 3.8) is 0 Å². The molecule has 0 aromatic heterocycles. The van der Waals surface area contributed by atoms with Crippen molar-refractivity contribution < 1.29 is 18.1 Å². The zero-order chi connectivity index (χ0) is 16.9. The first-order chi connectivity index (χ1) is 10.2. The van der Waals surface area contributed by atoms with E-state index in [1.807, 2.05) is 13.8 Å². The summed E-state index contributed by atoms with van der Waals surface area (Å²) >= 11 is 0. The number of hydrogen-bond acceptors (Lipinski definition) is 6. The van der Waals surface area contributed by atoms with E-state index in [-0.39, 0.29) is 23.1 Å². The van der Waals surface area contributed by atoms with Crippen molar-refractivity contribution in [1.29, 1.82) is 0 Å². The highest BCUT2D eigenvalue weighted by Gasteiger charge is 2.24. The van der Waals surface area contributed by atoms with Crippen LogP contribution >= 0.6 is 0 Å². The van der Waals surface area contributed by atoms with Gasteiger partial charge in [-0.1, -0.05) is 13.8 Å². The van der Waals surface area contributed by atoms with Gasteiger partial charge in [-0.2, -0.15) is 0 Å². The number of nitrogens with two attached hydrogens (primary N) is 1. The van der Waals surface area contributed by atoms with Crippen LogP contribution < -0.4 is 15.2 Å². The molecule has 0 radical (unpaired) electrons. The molecular formula is C13H21N3O5S. The molecule has 9 heteroatoms. The maximum Gasteiger partial charge on any atom is 0.312 e. The second-order valence-electron chi connectivity index (χ2n) is 5.27. The molecule has 0 heterocycles. The van der Waals surface area contributed by atoms with Crippen molar-refractivity contribution in [2.45, 2.75) is 31.2 Å². The van der Waals surface area contributed by atoms with Crippen molar-refractivity contribution >= 4 is 15.7 Å². The Balaban J connectivity index is 3.12. The van der Waals surface area contributed by atoms with Crippen LogP contribution in [0.1, 0.15) is 20.3 Å². The smallest absolute Gasteiger partial charge is 0.312 e. The van der Waals surface area contributed by atoms with Gasteiger partial charge in [0.1, 0.15) is 0 Å². The van der Waals surface area contributed by atoms with E-state index < -0.39 is 26.7 Å². The standard InChI is InChI=1S/C13H21N3O5S/c1-9(2)6-10(8-14)15-22(19,20)11-4-5-13(21-3)12(7-11)16(17)18/h4-5,7,9-10,15H,6,8,14H2,1-3H3. The summed E-state index contributed by atoms with van der Waals surface area (Å²) in [5.74, 6) is 0.267. The van der Waals surface area contributed by atoms with Crippen molar-refractivity contribution in [3.05, 3.63) is 28.3 Å². The van der Waals surface area contributed by atoms with E-state index in [1.165, 1.54) is 19.2 Å². The summed E-state index contributed by atoms with van der Waals surface area (Å²) in [5, 5.41) is 11.0. The molecule has 0 aliphatic rings. The van der Waals surface area contributed by atoms with E-state index in [4.69, 9.17) is 10.5 Å². The van der Waals surface area contributed by atoms with Gasteiger partial charge < -0.3 is 10.5 Å². The SMILES string of the molecule is COc1ccc(S(=O)(=O)NC(CN)CC(C)C)cc1[N+](=O)[O-]. The third kappa shape index (κ3) is 4.65. The number of methoxy groups -OCH3 is 1. The first-order valence-corrected chi connectivity index (χ1v) is 8.24. The summed E-state index contributed by atoms with van der Waals surface area (Å²) in [4.78, 5) is 10.1. The quantitative estimate of drug-likeness (QED) is 0.545. The van der Waals surface area contributed by atoms with Crippen LogP contribution in [0.3, 0.4) is 0 Å². The zero-order valence-electron chi connectivity index (χ0n) is 12.8. The van der Waals surface area contributed by atoms with Gasteiger partial charge >= 0.3 is 5.69 Å². The molecule has 0 amide bonds. The summed E-state index contributed by atoms with van der Waals surface area (Å²) in [5.41, 5.74) is 5.17. The Morgan fingerprint density at radius 2 is 2.05 bits per heavy atom. The Bertz CT molecular complexity index is 631. The van der Waals surface area contributed by atoms with Gasteiger partial charge in [-0.3, -0.25) is 10.1 Å². The minimum absolute atomic E-state index is 0.00139. The lowest BCUT2D eigenvalue weighted by molar-refractivity contribution is -0.386. The molecule has 1 aromatic carbocycles. The molecule has 3 N–H and O–H groups in total. The Morgan fingerprint density at radius 3 is 2.50 bits per heavy atom. The molecule has 0 saturated heterocycles. The van der Waals surface area contributed by atoms with Gasteiger partial charge in [-0.15, -0.1) is 0 Å². The molecule has 0 spiro atoms. The first kappa shape index (κ1) is 18.3. The predicted molar refractivity (Wildman–Crippen MR) is 82.3 cm³/mol. The average molecular weight is 331 g/mol. The molecule has 8 nitrogen and oxygen atoms in total. The molecule has 124 valence electrons. The summed E-state index contributed by atoms with van der Waals surface area (Å²) in [7, 11) is -2.61. The highest BCUT2D eigenvalue weighted by atomic mass is 32.2. The molecule has 1 aromatic rings. The molecule has 1 unspecified atom stereocenters. The molecule has 0 aliphatic carbocycles. The average Bonchev–Trinajstić information content (AvgIpc) is 2.44. The van der Waals surface area contributed by atoms with Crippen LogP contribution in [0.15, 0.2) is 23.1 Å². The Labute approximate surface area is 129 Å². The van der Waals surface area contributed by atoms with Crippen molar-refractivity contribution in [2.24, 2.45) is 11.7 Å². The monoisotopic (exact) mass is 331 g/mol. The maximum atomic E-state index is 12.3.